The summed E-state index contributed by atoms with van der Waals surface area (Å²) in [6.45, 7) is 2.56. The highest BCUT2D eigenvalue weighted by atomic mass is 35.5. The van der Waals surface area contributed by atoms with E-state index >= 15 is 0 Å². The van der Waals surface area contributed by atoms with Crippen molar-refractivity contribution in [3.8, 4) is 0 Å². The largest absolute Gasteiger partial charge is 0.384 e. The van der Waals surface area contributed by atoms with Crippen LogP contribution in [0.4, 0.5) is 5.82 Å². The topological polar surface area (TPSA) is 59.2 Å². The van der Waals surface area contributed by atoms with Gasteiger partial charge in [0.05, 0.1) is 0 Å². The zero-order valence-electron chi connectivity index (χ0n) is 11.4. The molecule has 2 N–H and O–H groups in total. The summed E-state index contributed by atoms with van der Waals surface area (Å²) in [5.41, 5.74) is 8.31. The van der Waals surface area contributed by atoms with Gasteiger partial charge in [-0.25, -0.2) is 4.98 Å². The molecule has 0 fully saturated rings. The lowest BCUT2D eigenvalue weighted by atomic mass is 10.1. The standard InChI is InChI=1S/C15H16ClN3O/c1-10-5-3-4-6-11(10)9-19(2)15(20)12-7-13(16)18-14(17)8-12/h3-8H,9H2,1-2H3,(H2,17,18). The highest BCUT2D eigenvalue weighted by molar-refractivity contribution is 6.29. The summed E-state index contributed by atoms with van der Waals surface area (Å²) in [5.74, 6) is 0.106. The summed E-state index contributed by atoms with van der Waals surface area (Å²) in [6, 6.07) is 11.0. The molecule has 1 heterocycles. The van der Waals surface area contributed by atoms with Crippen LogP contribution in [0.15, 0.2) is 36.4 Å². The number of rotatable bonds is 3. The first-order chi connectivity index (χ1) is 9.47. The number of benzene rings is 1. The van der Waals surface area contributed by atoms with Crippen LogP contribution in [0.5, 0.6) is 0 Å². The van der Waals surface area contributed by atoms with Gasteiger partial charge in [0.1, 0.15) is 11.0 Å². The molecule has 1 aromatic carbocycles. The van der Waals surface area contributed by atoms with E-state index in [2.05, 4.69) is 4.98 Å². The number of hydrogen-bond donors (Lipinski definition) is 1. The van der Waals surface area contributed by atoms with E-state index in [9.17, 15) is 4.79 Å². The first-order valence-electron chi connectivity index (χ1n) is 6.20. The van der Waals surface area contributed by atoms with Gasteiger partial charge in [0.2, 0.25) is 0 Å². The fourth-order valence-corrected chi connectivity index (χ4v) is 2.19. The van der Waals surface area contributed by atoms with E-state index in [0.717, 1.165) is 11.1 Å². The van der Waals surface area contributed by atoms with Gasteiger partial charge >= 0.3 is 0 Å². The third-order valence-electron chi connectivity index (χ3n) is 3.08. The Morgan fingerprint density at radius 3 is 2.70 bits per heavy atom. The maximum atomic E-state index is 12.3. The number of aromatic nitrogens is 1. The Morgan fingerprint density at radius 1 is 1.35 bits per heavy atom. The van der Waals surface area contributed by atoms with Crippen molar-refractivity contribution < 1.29 is 4.79 Å². The molecule has 2 rings (SSSR count). The monoisotopic (exact) mass is 289 g/mol. The van der Waals surface area contributed by atoms with E-state index < -0.39 is 0 Å². The van der Waals surface area contributed by atoms with Crippen molar-refractivity contribution in [2.45, 2.75) is 13.5 Å². The van der Waals surface area contributed by atoms with E-state index in [-0.39, 0.29) is 16.9 Å². The number of pyridine rings is 1. The molecule has 0 atom stereocenters. The minimum absolute atomic E-state index is 0.135. The lowest BCUT2D eigenvalue weighted by molar-refractivity contribution is 0.0785. The second-order valence-electron chi connectivity index (χ2n) is 4.69. The van der Waals surface area contributed by atoms with E-state index in [1.807, 2.05) is 31.2 Å². The van der Waals surface area contributed by atoms with Gasteiger partial charge < -0.3 is 10.6 Å². The molecule has 0 saturated heterocycles. The molecule has 5 heteroatoms. The molecule has 1 amide bonds. The molecule has 2 aromatic rings. The predicted molar refractivity (Wildman–Crippen MR) is 80.6 cm³/mol. The Hall–Kier alpha value is -2.07. The van der Waals surface area contributed by atoms with Crippen LogP contribution in [0.1, 0.15) is 21.5 Å². The van der Waals surface area contributed by atoms with Crippen LogP contribution in [-0.2, 0) is 6.54 Å². The van der Waals surface area contributed by atoms with Crippen LogP contribution in [0.25, 0.3) is 0 Å². The van der Waals surface area contributed by atoms with Crippen molar-refractivity contribution in [1.82, 2.24) is 9.88 Å². The van der Waals surface area contributed by atoms with Crippen molar-refractivity contribution in [2.24, 2.45) is 0 Å². The fourth-order valence-electron chi connectivity index (χ4n) is 1.98. The van der Waals surface area contributed by atoms with Crippen molar-refractivity contribution in [1.29, 1.82) is 0 Å². The molecule has 0 unspecified atom stereocenters. The molecule has 0 radical (unpaired) electrons. The first-order valence-corrected chi connectivity index (χ1v) is 6.58. The van der Waals surface area contributed by atoms with Crippen LogP contribution in [0, 0.1) is 6.92 Å². The Morgan fingerprint density at radius 2 is 2.05 bits per heavy atom. The van der Waals surface area contributed by atoms with Crippen LogP contribution in [0.2, 0.25) is 5.15 Å². The molecule has 0 bridgehead atoms. The first kappa shape index (κ1) is 14.3. The van der Waals surface area contributed by atoms with Crippen molar-refractivity contribution in [3.63, 3.8) is 0 Å². The molecule has 0 saturated carbocycles. The highest BCUT2D eigenvalue weighted by Gasteiger charge is 2.14. The third kappa shape index (κ3) is 3.27. The highest BCUT2D eigenvalue weighted by Crippen LogP contribution is 2.16. The average molecular weight is 290 g/mol. The number of aryl methyl sites for hydroxylation is 1. The molecular formula is C15H16ClN3O. The number of anilines is 1. The SMILES string of the molecule is Cc1ccccc1CN(C)C(=O)c1cc(N)nc(Cl)c1. The molecule has 1 aromatic heterocycles. The summed E-state index contributed by atoms with van der Waals surface area (Å²) in [5, 5.41) is 0.220. The van der Waals surface area contributed by atoms with E-state index in [4.69, 9.17) is 17.3 Å². The number of nitrogens with two attached hydrogens (primary N) is 1. The quantitative estimate of drug-likeness (QED) is 0.884. The Labute approximate surface area is 123 Å². The normalized spacial score (nSPS) is 10.3. The van der Waals surface area contributed by atoms with Gasteiger partial charge in [-0.1, -0.05) is 35.9 Å². The van der Waals surface area contributed by atoms with Gasteiger partial charge in [0.25, 0.3) is 5.91 Å². The van der Waals surface area contributed by atoms with Crippen LogP contribution >= 0.6 is 11.6 Å². The molecule has 104 valence electrons. The zero-order chi connectivity index (χ0) is 14.7. The number of nitrogens with zero attached hydrogens (tertiary/aromatic N) is 2. The zero-order valence-corrected chi connectivity index (χ0v) is 12.2. The maximum Gasteiger partial charge on any atom is 0.254 e. The Bertz CT molecular complexity index is 623. The molecule has 0 aliphatic heterocycles. The number of carbonyl (C=O) groups excluding carboxylic acids is 1. The minimum atomic E-state index is -0.135. The van der Waals surface area contributed by atoms with Crippen LogP contribution in [-0.4, -0.2) is 22.8 Å². The van der Waals surface area contributed by atoms with E-state index in [0.29, 0.717) is 12.1 Å². The maximum absolute atomic E-state index is 12.3. The second kappa shape index (κ2) is 5.92. The van der Waals surface area contributed by atoms with Gasteiger partial charge in [-0.3, -0.25) is 4.79 Å². The van der Waals surface area contributed by atoms with Gasteiger partial charge in [-0.15, -0.1) is 0 Å². The number of carbonyl (C=O) groups is 1. The number of hydrogen-bond acceptors (Lipinski definition) is 3. The van der Waals surface area contributed by atoms with Crippen molar-refractivity contribution >= 4 is 23.3 Å². The van der Waals surface area contributed by atoms with Gasteiger partial charge in [-0.2, -0.15) is 0 Å². The summed E-state index contributed by atoms with van der Waals surface area (Å²) >= 11 is 5.82. The minimum Gasteiger partial charge on any atom is -0.384 e. The average Bonchev–Trinajstić information content (AvgIpc) is 2.39. The van der Waals surface area contributed by atoms with E-state index in [1.54, 1.807) is 11.9 Å². The smallest absolute Gasteiger partial charge is 0.254 e. The van der Waals surface area contributed by atoms with E-state index in [1.165, 1.54) is 12.1 Å². The van der Waals surface area contributed by atoms with Crippen LogP contribution < -0.4 is 5.73 Å². The fraction of sp³-hybridized carbons (Fsp3) is 0.200. The predicted octanol–water partition coefficient (Wildman–Crippen LogP) is 2.90. The second-order valence-corrected chi connectivity index (χ2v) is 5.08. The Balaban J connectivity index is 2.18. The molecule has 4 nitrogen and oxygen atoms in total. The Kier molecular flexibility index (Phi) is 4.25. The molecule has 0 aliphatic rings. The van der Waals surface area contributed by atoms with Crippen molar-refractivity contribution in [3.05, 3.63) is 58.2 Å². The van der Waals surface area contributed by atoms with Gasteiger partial charge in [-0.05, 0) is 30.2 Å². The lowest BCUT2D eigenvalue weighted by Crippen LogP contribution is -2.26. The number of nitrogen functional groups attached to an aromatic ring is 1. The van der Waals surface area contributed by atoms with Gasteiger partial charge in [0, 0.05) is 19.2 Å². The molecule has 0 aliphatic carbocycles. The lowest BCUT2D eigenvalue weighted by Gasteiger charge is -2.18. The number of amides is 1. The van der Waals surface area contributed by atoms with Gasteiger partial charge in [0.15, 0.2) is 0 Å². The summed E-state index contributed by atoms with van der Waals surface area (Å²) < 4.78 is 0. The van der Waals surface area contributed by atoms with Crippen LogP contribution in [0.3, 0.4) is 0 Å². The van der Waals surface area contributed by atoms with Crippen molar-refractivity contribution in [2.75, 3.05) is 12.8 Å². The summed E-state index contributed by atoms with van der Waals surface area (Å²) in [4.78, 5) is 17.8. The molecule has 20 heavy (non-hydrogen) atoms. The summed E-state index contributed by atoms with van der Waals surface area (Å²) in [6.07, 6.45) is 0. The third-order valence-corrected chi connectivity index (χ3v) is 3.27. The molecule has 0 spiro atoms. The number of halogens is 1. The molecular weight excluding hydrogens is 274 g/mol. The summed E-state index contributed by atoms with van der Waals surface area (Å²) in [7, 11) is 1.75.